The lowest BCUT2D eigenvalue weighted by atomic mass is 10.1. The minimum atomic E-state index is -0.546. The topological polar surface area (TPSA) is 95.3 Å². The summed E-state index contributed by atoms with van der Waals surface area (Å²) in [6.07, 6.45) is 0.539. The van der Waals surface area contributed by atoms with Crippen LogP contribution in [0.1, 0.15) is 23.2 Å². The van der Waals surface area contributed by atoms with Gasteiger partial charge in [0.2, 0.25) is 0 Å². The average molecular weight is 293 g/mol. The first kappa shape index (κ1) is 13.4. The summed E-state index contributed by atoms with van der Waals surface area (Å²) in [4.78, 5) is 12.2. The molecule has 2 aromatic rings. The van der Waals surface area contributed by atoms with Crippen LogP contribution < -0.4 is 5.32 Å². The van der Waals surface area contributed by atoms with Crippen molar-refractivity contribution >= 4 is 28.7 Å². The lowest BCUT2D eigenvalue weighted by molar-refractivity contribution is 0.0903. The van der Waals surface area contributed by atoms with Gasteiger partial charge in [0.25, 0.3) is 5.91 Å². The van der Waals surface area contributed by atoms with Crippen molar-refractivity contribution in [3.05, 3.63) is 23.8 Å². The Labute approximate surface area is 119 Å². The summed E-state index contributed by atoms with van der Waals surface area (Å²) in [6.45, 7) is -0.0516. The van der Waals surface area contributed by atoms with E-state index in [0.717, 1.165) is 17.2 Å². The number of nitrogens with zero attached hydrogens (tertiary/aromatic N) is 2. The zero-order valence-corrected chi connectivity index (χ0v) is 11.5. The molecule has 3 N–H and O–H groups in total. The standard InChI is InChI=1S/C13H15N3O3S/c17-6-8-3-9(5-12(8)18)14-13(19)7-1-2-10-11(4-7)16-20-15-10/h1-2,4,8-9,12,17-18H,3,5-6H2,(H,14,19)/t8-,9-,12-/m0/s1. The van der Waals surface area contributed by atoms with E-state index in [1.165, 1.54) is 0 Å². The minimum absolute atomic E-state index is 0.0516. The van der Waals surface area contributed by atoms with E-state index in [2.05, 4.69) is 14.1 Å². The number of aliphatic hydroxyl groups is 2. The van der Waals surface area contributed by atoms with Gasteiger partial charge in [0.15, 0.2) is 0 Å². The van der Waals surface area contributed by atoms with E-state index in [1.54, 1.807) is 18.2 Å². The molecule has 1 aliphatic rings. The van der Waals surface area contributed by atoms with Gasteiger partial charge in [-0.25, -0.2) is 0 Å². The number of amides is 1. The maximum Gasteiger partial charge on any atom is 0.251 e. The monoisotopic (exact) mass is 293 g/mol. The molecule has 7 heteroatoms. The Hall–Kier alpha value is -1.57. The van der Waals surface area contributed by atoms with Crippen LogP contribution in [0.2, 0.25) is 0 Å². The maximum absolute atomic E-state index is 12.2. The number of benzene rings is 1. The lowest BCUT2D eigenvalue weighted by Gasteiger charge is -2.12. The Morgan fingerprint density at radius 1 is 1.35 bits per heavy atom. The van der Waals surface area contributed by atoms with E-state index < -0.39 is 6.10 Å². The number of fused-ring (bicyclic) bond motifs is 1. The highest BCUT2D eigenvalue weighted by Crippen LogP contribution is 2.26. The van der Waals surface area contributed by atoms with Crippen molar-refractivity contribution in [3.8, 4) is 0 Å². The Bertz CT molecular complexity index is 630. The predicted molar refractivity (Wildman–Crippen MR) is 74.5 cm³/mol. The van der Waals surface area contributed by atoms with Crippen molar-refractivity contribution in [3.63, 3.8) is 0 Å². The molecule has 1 aliphatic carbocycles. The molecule has 1 saturated carbocycles. The van der Waals surface area contributed by atoms with Gasteiger partial charge in [0.05, 0.1) is 17.8 Å². The van der Waals surface area contributed by atoms with Crippen LogP contribution in [0.15, 0.2) is 18.2 Å². The van der Waals surface area contributed by atoms with Gasteiger partial charge in [-0.15, -0.1) is 0 Å². The highest BCUT2D eigenvalue weighted by Gasteiger charge is 2.33. The summed E-state index contributed by atoms with van der Waals surface area (Å²) in [6, 6.07) is 5.10. The summed E-state index contributed by atoms with van der Waals surface area (Å²) in [5.41, 5.74) is 2.03. The van der Waals surface area contributed by atoms with Crippen LogP contribution in [0.4, 0.5) is 0 Å². The number of nitrogens with one attached hydrogen (secondary N) is 1. The van der Waals surface area contributed by atoms with Crippen LogP contribution in [-0.2, 0) is 0 Å². The van der Waals surface area contributed by atoms with E-state index in [-0.39, 0.29) is 24.5 Å². The Morgan fingerprint density at radius 2 is 2.15 bits per heavy atom. The molecule has 0 bridgehead atoms. The zero-order chi connectivity index (χ0) is 14.1. The van der Waals surface area contributed by atoms with Crippen LogP contribution >= 0.6 is 11.7 Å². The normalized spacial score (nSPS) is 26.0. The molecule has 1 aromatic carbocycles. The summed E-state index contributed by atoms with van der Waals surface area (Å²) in [5.74, 6) is -0.332. The molecular formula is C13H15N3O3S. The predicted octanol–water partition coefficient (Wildman–Crippen LogP) is 0.553. The number of hydrogen-bond donors (Lipinski definition) is 3. The number of aromatic nitrogens is 2. The molecule has 6 nitrogen and oxygen atoms in total. The lowest BCUT2D eigenvalue weighted by Crippen LogP contribution is -2.33. The first-order valence-electron chi connectivity index (χ1n) is 6.49. The van der Waals surface area contributed by atoms with E-state index in [0.29, 0.717) is 23.9 Å². The second kappa shape index (κ2) is 5.43. The van der Waals surface area contributed by atoms with Gasteiger partial charge in [-0.2, -0.15) is 8.75 Å². The second-order valence-electron chi connectivity index (χ2n) is 5.12. The summed E-state index contributed by atoms with van der Waals surface area (Å²) >= 11 is 1.12. The van der Waals surface area contributed by atoms with Crippen molar-refractivity contribution < 1.29 is 15.0 Å². The highest BCUT2D eigenvalue weighted by atomic mass is 32.1. The van der Waals surface area contributed by atoms with Crippen LogP contribution in [0.25, 0.3) is 11.0 Å². The Balaban J connectivity index is 1.70. The van der Waals surface area contributed by atoms with Crippen molar-refractivity contribution in [1.82, 2.24) is 14.1 Å². The van der Waals surface area contributed by atoms with Crippen LogP contribution in [0.3, 0.4) is 0 Å². The number of aliphatic hydroxyl groups excluding tert-OH is 2. The van der Waals surface area contributed by atoms with Gasteiger partial charge in [-0.3, -0.25) is 4.79 Å². The fraction of sp³-hybridized carbons (Fsp3) is 0.462. The van der Waals surface area contributed by atoms with Crippen LogP contribution in [0, 0.1) is 5.92 Å². The number of carbonyl (C=O) groups excluding carboxylic acids is 1. The molecule has 0 radical (unpaired) electrons. The summed E-state index contributed by atoms with van der Waals surface area (Å²) in [7, 11) is 0. The van der Waals surface area contributed by atoms with Gasteiger partial charge in [-0.1, -0.05) is 0 Å². The molecule has 1 aromatic heterocycles. The van der Waals surface area contributed by atoms with Crippen molar-refractivity contribution in [1.29, 1.82) is 0 Å². The molecular weight excluding hydrogens is 278 g/mol. The molecule has 0 spiro atoms. The van der Waals surface area contributed by atoms with Crippen LogP contribution in [0.5, 0.6) is 0 Å². The largest absolute Gasteiger partial charge is 0.396 e. The third-order valence-electron chi connectivity index (χ3n) is 3.74. The van der Waals surface area contributed by atoms with Gasteiger partial charge >= 0.3 is 0 Å². The Kier molecular flexibility index (Phi) is 3.64. The molecule has 0 saturated heterocycles. The van der Waals surface area contributed by atoms with E-state index in [4.69, 9.17) is 5.11 Å². The average Bonchev–Trinajstić information content (AvgIpc) is 3.03. The van der Waals surface area contributed by atoms with Crippen molar-refractivity contribution in [2.75, 3.05) is 6.61 Å². The summed E-state index contributed by atoms with van der Waals surface area (Å²) in [5, 5.41) is 21.7. The van der Waals surface area contributed by atoms with E-state index in [1.807, 2.05) is 0 Å². The first-order valence-corrected chi connectivity index (χ1v) is 7.22. The second-order valence-corrected chi connectivity index (χ2v) is 5.65. The van der Waals surface area contributed by atoms with E-state index >= 15 is 0 Å². The minimum Gasteiger partial charge on any atom is -0.396 e. The third-order valence-corrected chi connectivity index (χ3v) is 4.30. The molecule has 1 amide bonds. The fourth-order valence-corrected chi connectivity index (χ4v) is 3.13. The smallest absolute Gasteiger partial charge is 0.251 e. The molecule has 1 fully saturated rings. The molecule has 20 heavy (non-hydrogen) atoms. The highest BCUT2D eigenvalue weighted by molar-refractivity contribution is 7.00. The third kappa shape index (κ3) is 2.52. The number of hydrogen-bond acceptors (Lipinski definition) is 6. The number of rotatable bonds is 3. The van der Waals surface area contributed by atoms with Crippen molar-refractivity contribution in [2.45, 2.75) is 25.0 Å². The fourth-order valence-electron chi connectivity index (χ4n) is 2.61. The van der Waals surface area contributed by atoms with Gasteiger partial charge in [0.1, 0.15) is 11.0 Å². The van der Waals surface area contributed by atoms with Gasteiger partial charge in [0, 0.05) is 24.1 Å². The van der Waals surface area contributed by atoms with Gasteiger partial charge < -0.3 is 15.5 Å². The maximum atomic E-state index is 12.2. The Morgan fingerprint density at radius 3 is 2.90 bits per heavy atom. The molecule has 3 atom stereocenters. The first-order chi connectivity index (χ1) is 9.67. The number of carbonyl (C=O) groups is 1. The van der Waals surface area contributed by atoms with Gasteiger partial charge in [-0.05, 0) is 31.0 Å². The molecule has 0 aliphatic heterocycles. The molecule has 0 unspecified atom stereocenters. The SMILES string of the molecule is O=C(N[C@H]1C[C@@H](CO)[C@@H](O)C1)c1ccc2nsnc2c1. The van der Waals surface area contributed by atoms with Crippen molar-refractivity contribution in [2.24, 2.45) is 5.92 Å². The summed E-state index contributed by atoms with van der Waals surface area (Å²) < 4.78 is 8.20. The zero-order valence-electron chi connectivity index (χ0n) is 10.7. The van der Waals surface area contributed by atoms with Crippen LogP contribution in [-0.4, -0.2) is 43.6 Å². The molecule has 3 rings (SSSR count). The molecule has 106 valence electrons. The quantitative estimate of drug-likeness (QED) is 0.768. The van der Waals surface area contributed by atoms with E-state index in [9.17, 15) is 9.90 Å². The molecule has 1 heterocycles.